The molecule has 1 aromatic rings. The molecule has 1 aromatic heterocycles. The average molecular weight is 277 g/mol. The highest BCUT2D eigenvalue weighted by atomic mass is 79.9. The number of rotatable bonds is 5. The molecule has 2 atom stereocenters. The molecule has 0 radical (unpaired) electrons. The van der Waals surface area contributed by atoms with Crippen molar-refractivity contribution in [3.8, 4) is 0 Å². The van der Waals surface area contributed by atoms with Crippen molar-refractivity contribution in [1.29, 1.82) is 0 Å². The summed E-state index contributed by atoms with van der Waals surface area (Å²) in [7, 11) is 1.97. The zero-order valence-corrected chi connectivity index (χ0v) is 11.0. The number of hydrogen-bond donors (Lipinski definition) is 2. The maximum absolute atomic E-state index is 6.20. The molecule has 14 heavy (non-hydrogen) atoms. The van der Waals surface area contributed by atoms with E-state index < -0.39 is 0 Å². The molecule has 0 fully saturated rings. The molecule has 0 saturated heterocycles. The van der Waals surface area contributed by atoms with E-state index in [9.17, 15) is 0 Å². The number of thiophene rings is 1. The van der Waals surface area contributed by atoms with Crippen molar-refractivity contribution in [2.24, 2.45) is 11.7 Å². The fourth-order valence-electron chi connectivity index (χ4n) is 1.53. The minimum atomic E-state index is 0.156. The van der Waals surface area contributed by atoms with Crippen LogP contribution in [-0.4, -0.2) is 13.6 Å². The van der Waals surface area contributed by atoms with Crippen molar-refractivity contribution in [3.63, 3.8) is 0 Å². The van der Waals surface area contributed by atoms with Crippen molar-refractivity contribution in [3.05, 3.63) is 20.8 Å². The minimum absolute atomic E-state index is 0.156. The van der Waals surface area contributed by atoms with Crippen molar-refractivity contribution < 1.29 is 0 Å². The molecule has 0 bridgehead atoms. The van der Waals surface area contributed by atoms with Gasteiger partial charge in [0.25, 0.3) is 0 Å². The van der Waals surface area contributed by atoms with Crippen LogP contribution in [0.25, 0.3) is 0 Å². The van der Waals surface area contributed by atoms with Gasteiger partial charge in [0.1, 0.15) is 0 Å². The molecule has 0 amide bonds. The average Bonchev–Trinajstić information content (AvgIpc) is 2.60. The van der Waals surface area contributed by atoms with E-state index in [1.165, 1.54) is 4.88 Å². The van der Waals surface area contributed by atoms with Gasteiger partial charge in [0.05, 0.1) is 3.79 Å². The summed E-state index contributed by atoms with van der Waals surface area (Å²) in [5, 5.41) is 3.19. The summed E-state index contributed by atoms with van der Waals surface area (Å²) in [6.45, 7) is 3.16. The summed E-state index contributed by atoms with van der Waals surface area (Å²) in [6.07, 6.45) is 1.11. The first kappa shape index (κ1) is 12.2. The lowest BCUT2D eigenvalue weighted by atomic mass is 9.96. The topological polar surface area (TPSA) is 38.0 Å². The summed E-state index contributed by atoms with van der Waals surface area (Å²) in [6, 6.07) is 4.33. The predicted octanol–water partition coefficient (Wildman–Crippen LogP) is 2.76. The van der Waals surface area contributed by atoms with E-state index in [1.807, 2.05) is 7.05 Å². The van der Waals surface area contributed by atoms with Crippen LogP contribution in [0.1, 0.15) is 24.3 Å². The van der Waals surface area contributed by atoms with Gasteiger partial charge in [-0.2, -0.15) is 0 Å². The van der Waals surface area contributed by atoms with Crippen LogP contribution in [0.2, 0.25) is 0 Å². The third kappa shape index (κ3) is 3.05. The van der Waals surface area contributed by atoms with Crippen LogP contribution in [0.5, 0.6) is 0 Å². The zero-order valence-electron chi connectivity index (χ0n) is 8.59. The Bertz CT molecular complexity index is 275. The van der Waals surface area contributed by atoms with Gasteiger partial charge in [0.15, 0.2) is 0 Å². The fraction of sp³-hybridized carbons (Fsp3) is 0.600. The summed E-state index contributed by atoms with van der Waals surface area (Å²) >= 11 is 5.19. The lowest BCUT2D eigenvalue weighted by Crippen LogP contribution is -2.28. The lowest BCUT2D eigenvalue weighted by Gasteiger charge is -2.21. The van der Waals surface area contributed by atoms with E-state index in [4.69, 9.17) is 5.73 Å². The van der Waals surface area contributed by atoms with Crippen molar-refractivity contribution in [1.82, 2.24) is 5.32 Å². The molecule has 4 heteroatoms. The smallest absolute Gasteiger partial charge is 0.0701 e. The Balaban J connectivity index is 2.66. The van der Waals surface area contributed by atoms with Gasteiger partial charge >= 0.3 is 0 Å². The highest BCUT2D eigenvalue weighted by molar-refractivity contribution is 9.11. The molecular formula is C10H17BrN2S. The van der Waals surface area contributed by atoms with E-state index in [2.05, 4.69) is 40.3 Å². The molecule has 2 nitrogen and oxygen atoms in total. The Morgan fingerprint density at radius 3 is 2.71 bits per heavy atom. The molecule has 3 N–H and O–H groups in total. The summed E-state index contributed by atoms with van der Waals surface area (Å²) < 4.78 is 1.15. The molecule has 2 unspecified atom stereocenters. The van der Waals surface area contributed by atoms with Crippen LogP contribution >= 0.6 is 27.3 Å². The Hall–Kier alpha value is 0.1000. The van der Waals surface area contributed by atoms with Crippen LogP contribution in [0.3, 0.4) is 0 Å². The molecule has 0 aliphatic heterocycles. The fourth-order valence-corrected chi connectivity index (χ4v) is 3.05. The first-order valence-corrected chi connectivity index (χ1v) is 6.45. The minimum Gasteiger partial charge on any atom is -0.323 e. The summed E-state index contributed by atoms with van der Waals surface area (Å²) in [5.74, 6) is 0.519. The molecule has 0 aliphatic carbocycles. The van der Waals surface area contributed by atoms with Crippen molar-refractivity contribution >= 4 is 27.3 Å². The van der Waals surface area contributed by atoms with E-state index in [-0.39, 0.29) is 6.04 Å². The third-order valence-corrected chi connectivity index (χ3v) is 4.15. The van der Waals surface area contributed by atoms with Crippen molar-refractivity contribution in [2.75, 3.05) is 13.6 Å². The van der Waals surface area contributed by atoms with Gasteiger partial charge < -0.3 is 11.1 Å². The first-order valence-electron chi connectivity index (χ1n) is 4.84. The maximum atomic E-state index is 6.20. The standard InChI is InChI=1S/C10H17BrN2S/c1-3-7(6-13-2)10(12)8-4-5-9(11)14-8/h4-5,7,10,13H,3,6,12H2,1-2H3. The van der Waals surface area contributed by atoms with Crippen LogP contribution in [0.15, 0.2) is 15.9 Å². The second-order valence-electron chi connectivity index (χ2n) is 3.39. The second kappa shape index (κ2) is 5.85. The monoisotopic (exact) mass is 276 g/mol. The van der Waals surface area contributed by atoms with Crippen LogP contribution in [0, 0.1) is 5.92 Å². The zero-order chi connectivity index (χ0) is 10.6. The van der Waals surface area contributed by atoms with Gasteiger partial charge in [-0.15, -0.1) is 11.3 Å². The second-order valence-corrected chi connectivity index (χ2v) is 5.89. The van der Waals surface area contributed by atoms with Crippen LogP contribution in [-0.2, 0) is 0 Å². The van der Waals surface area contributed by atoms with Gasteiger partial charge in [-0.3, -0.25) is 0 Å². The third-order valence-electron chi connectivity index (χ3n) is 2.42. The molecule has 1 rings (SSSR count). The molecular weight excluding hydrogens is 260 g/mol. The normalized spacial score (nSPS) is 15.4. The Labute approximate surface area is 98.0 Å². The molecule has 0 aliphatic rings. The van der Waals surface area contributed by atoms with Gasteiger partial charge in [-0.25, -0.2) is 0 Å². The molecule has 0 spiro atoms. The lowest BCUT2D eigenvalue weighted by molar-refractivity contribution is 0.407. The van der Waals surface area contributed by atoms with Crippen LogP contribution < -0.4 is 11.1 Å². The molecule has 0 saturated carbocycles. The van der Waals surface area contributed by atoms with Gasteiger partial charge in [-0.05, 0) is 47.6 Å². The predicted molar refractivity (Wildman–Crippen MR) is 66.7 cm³/mol. The van der Waals surface area contributed by atoms with Gasteiger partial charge in [-0.1, -0.05) is 13.3 Å². The largest absolute Gasteiger partial charge is 0.323 e. The van der Waals surface area contributed by atoms with Crippen molar-refractivity contribution in [2.45, 2.75) is 19.4 Å². The summed E-state index contributed by atoms with van der Waals surface area (Å²) in [5.41, 5.74) is 6.20. The van der Waals surface area contributed by atoms with E-state index in [1.54, 1.807) is 11.3 Å². The van der Waals surface area contributed by atoms with Crippen LogP contribution in [0.4, 0.5) is 0 Å². The highest BCUT2D eigenvalue weighted by Gasteiger charge is 2.18. The van der Waals surface area contributed by atoms with E-state index >= 15 is 0 Å². The number of hydrogen-bond acceptors (Lipinski definition) is 3. The first-order chi connectivity index (χ1) is 6.69. The number of nitrogens with two attached hydrogens (primary N) is 1. The summed E-state index contributed by atoms with van der Waals surface area (Å²) in [4.78, 5) is 1.26. The highest BCUT2D eigenvalue weighted by Crippen LogP contribution is 2.30. The molecule has 1 heterocycles. The van der Waals surface area contributed by atoms with E-state index in [0.717, 1.165) is 16.8 Å². The number of nitrogens with one attached hydrogen (secondary N) is 1. The Morgan fingerprint density at radius 1 is 1.57 bits per heavy atom. The van der Waals surface area contributed by atoms with Gasteiger partial charge in [0, 0.05) is 10.9 Å². The SMILES string of the molecule is CCC(CNC)C(N)c1ccc(Br)s1. The Morgan fingerprint density at radius 2 is 2.29 bits per heavy atom. The van der Waals surface area contributed by atoms with E-state index in [0.29, 0.717) is 5.92 Å². The quantitative estimate of drug-likeness (QED) is 0.868. The van der Waals surface area contributed by atoms with Gasteiger partial charge in [0.2, 0.25) is 0 Å². The number of halogens is 1. The maximum Gasteiger partial charge on any atom is 0.0701 e. The molecule has 80 valence electrons. The molecule has 0 aromatic carbocycles. The Kier molecular flexibility index (Phi) is 5.09.